The van der Waals surface area contributed by atoms with Gasteiger partial charge in [0, 0.05) is 17.4 Å². The number of nitrogens with zero attached hydrogens (tertiary/aromatic N) is 3. The quantitative estimate of drug-likeness (QED) is 0.868. The Kier molecular flexibility index (Phi) is 5.18. The number of amides is 1. The van der Waals surface area contributed by atoms with Crippen LogP contribution in [0.1, 0.15) is 43.6 Å². The molecule has 0 fully saturated rings. The average molecular weight is 393 g/mol. The van der Waals surface area contributed by atoms with Crippen molar-refractivity contribution in [3.05, 3.63) is 50.6 Å². The van der Waals surface area contributed by atoms with Crippen LogP contribution in [0.2, 0.25) is 0 Å². The highest BCUT2D eigenvalue weighted by Crippen LogP contribution is 2.22. The summed E-state index contributed by atoms with van der Waals surface area (Å²) in [4.78, 5) is 24.7. The van der Waals surface area contributed by atoms with Gasteiger partial charge >= 0.3 is 5.69 Å². The van der Waals surface area contributed by atoms with Crippen molar-refractivity contribution in [3.63, 3.8) is 0 Å². The van der Waals surface area contributed by atoms with Crippen LogP contribution in [0.15, 0.2) is 33.5 Å². The Labute approximate surface area is 149 Å². The van der Waals surface area contributed by atoms with Crippen molar-refractivity contribution in [1.29, 1.82) is 0 Å². The number of halogens is 1. The maximum Gasteiger partial charge on any atom is 0.346 e. The summed E-state index contributed by atoms with van der Waals surface area (Å²) in [5, 5.41) is 7.27. The van der Waals surface area contributed by atoms with Gasteiger partial charge in [0.1, 0.15) is 12.4 Å². The van der Waals surface area contributed by atoms with Gasteiger partial charge in [0.25, 0.3) is 0 Å². The van der Waals surface area contributed by atoms with Gasteiger partial charge in [-0.2, -0.15) is 5.10 Å². The molecule has 0 radical (unpaired) electrons. The van der Waals surface area contributed by atoms with Crippen molar-refractivity contribution < 1.29 is 4.79 Å². The summed E-state index contributed by atoms with van der Waals surface area (Å²) >= 11 is 3.49. The third kappa shape index (κ3) is 3.61. The second-order valence-electron chi connectivity index (χ2n) is 6.13. The highest BCUT2D eigenvalue weighted by Gasteiger charge is 2.18. The van der Waals surface area contributed by atoms with E-state index in [0.717, 1.165) is 41.5 Å². The molecule has 1 atom stereocenters. The first-order valence-electron chi connectivity index (χ1n) is 8.26. The molecule has 0 spiro atoms. The normalized spacial score (nSPS) is 15.4. The highest BCUT2D eigenvalue weighted by molar-refractivity contribution is 9.10. The summed E-state index contributed by atoms with van der Waals surface area (Å²) < 4.78 is 3.93. The minimum Gasteiger partial charge on any atom is -0.348 e. The number of aryl methyl sites for hydroxylation is 1. The average Bonchev–Trinajstić information content (AvgIpc) is 2.73. The van der Waals surface area contributed by atoms with E-state index in [1.165, 1.54) is 4.68 Å². The fourth-order valence-electron chi connectivity index (χ4n) is 3.06. The zero-order valence-corrected chi connectivity index (χ0v) is 15.3. The van der Waals surface area contributed by atoms with Crippen LogP contribution < -0.4 is 11.0 Å². The summed E-state index contributed by atoms with van der Waals surface area (Å²) in [6, 6.07) is 7.61. The standard InChI is InChI=1S/C17H21BrN4O2/c1-12(13-7-4-5-8-14(13)18)19-16(23)11-22-17(24)21-10-6-2-3-9-15(21)20-22/h4-5,7-8,12H,2-3,6,9-11H2,1H3,(H,19,23). The van der Waals surface area contributed by atoms with E-state index in [1.807, 2.05) is 31.2 Å². The van der Waals surface area contributed by atoms with E-state index in [1.54, 1.807) is 4.57 Å². The zero-order chi connectivity index (χ0) is 17.1. The number of rotatable bonds is 4. The van der Waals surface area contributed by atoms with Crippen molar-refractivity contribution in [2.75, 3.05) is 0 Å². The number of benzene rings is 1. The van der Waals surface area contributed by atoms with Crippen LogP contribution in [-0.4, -0.2) is 20.3 Å². The van der Waals surface area contributed by atoms with Crippen LogP contribution in [0.4, 0.5) is 0 Å². The number of hydrogen-bond acceptors (Lipinski definition) is 3. The van der Waals surface area contributed by atoms with Gasteiger partial charge in [-0.05, 0) is 31.4 Å². The fourth-order valence-corrected chi connectivity index (χ4v) is 3.68. The minimum absolute atomic E-state index is 0.0480. The lowest BCUT2D eigenvalue weighted by Crippen LogP contribution is -2.35. The second kappa shape index (κ2) is 7.34. The van der Waals surface area contributed by atoms with Crippen molar-refractivity contribution >= 4 is 21.8 Å². The maximum absolute atomic E-state index is 12.4. The number of aromatic nitrogens is 3. The van der Waals surface area contributed by atoms with E-state index >= 15 is 0 Å². The number of nitrogens with one attached hydrogen (secondary N) is 1. The monoisotopic (exact) mass is 392 g/mol. The van der Waals surface area contributed by atoms with E-state index in [4.69, 9.17) is 0 Å². The smallest absolute Gasteiger partial charge is 0.346 e. The second-order valence-corrected chi connectivity index (χ2v) is 6.98. The molecule has 1 N–H and O–H groups in total. The molecule has 2 heterocycles. The molecule has 128 valence electrons. The number of hydrogen-bond donors (Lipinski definition) is 1. The Morgan fingerprint density at radius 2 is 2.12 bits per heavy atom. The predicted octanol–water partition coefficient (Wildman–Crippen LogP) is 2.41. The van der Waals surface area contributed by atoms with E-state index in [0.29, 0.717) is 6.54 Å². The van der Waals surface area contributed by atoms with E-state index < -0.39 is 0 Å². The SMILES string of the molecule is CC(NC(=O)Cn1nc2n(c1=O)CCCCC2)c1ccccc1Br. The Balaban J connectivity index is 1.69. The maximum atomic E-state index is 12.4. The summed E-state index contributed by atoms with van der Waals surface area (Å²) in [7, 11) is 0. The molecule has 1 aromatic heterocycles. The topological polar surface area (TPSA) is 68.9 Å². The lowest BCUT2D eigenvalue weighted by Gasteiger charge is -2.15. The van der Waals surface area contributed by atoms with Gasteiger partial charge in [0.05, 0.1) is 6.04 Å². The summed E-state index contributed by atoms with van der Waals surface area (Å²) in [5.41, 5.74) is 0.814. The van der Waals surface area contributed by atoms with Crippen molar-refractivity contribution in [2.45, 2.75) is 51.7 Å². The van der Waals surface area contributed by atoms with Crippen LogP contribution in [0.3, 0.4) is 0 Å². The summed E-state index contributed by atoms with van der Waals surface area (Å²) in [5.74, 6) is 0.581. The van der Waals surface area contributed by atoms with E-state index in [-0.39, 0.29) is 24.2 Å². The van der Waals surface area contributed by atoms with Gasteiger partial charge in [0.2, 0.25) is 5.91 Å². The van der Waals surface area contributed by atoms with E-state index in [9.17, 15) is 9.59 Å². The number of carbonyl (C=O) groups is 1. The molecule has 24 heavy (non-hydrogen) atoms. The molecule has 1 aliphatic rings. The third-order valence-corrected chi connectivity index (χ3v) is 5.05. The molecule has 3 rings (SSSR count). The Morgan fingerprint density at radius 1 is 1.33 bits per heavy atom. The molecule has 2 aromatic rings. The summed E-state index contributed by atoms with van der Waals surface area (Å²) in [6.45, 7) is 2.57. The first-order valence-corrected chi connectivity index (χ1v) is 9.06. The lowest BCUT2D eigenvalue weighted by atomic mass is 10.1. The minimum atomic E-state index is -0.214. The largest absolute Gasteiger partial charge is 0.348 e. The van der Waals surface area contributed by atoms with Crippen molar-refractivity contribution in [2.24, 2.45) is 0 Å². The van der Waals surface area contributed by atoms with Crippen LogP contribution in [0, 0.1) is 0 Å². The molecule has 7 heteroatoms. The van der Waals surface area contributed by atoms with Crippen LogP contribution in [0.5, 0.6) is 0 Å². The van der Waals surface area contributed by atoms with Gasteiger partial charge in [-0.15, -0.1) is 0 Å². The van der Waals surface area contributed by atoms with Crippen LogP contribution >= 0.6 is 15.9 Å². The highest BCUT2D eigenvalue weighted by atomic mass is 79.9. The number of carbonyl (C=O) groups excluding carboxylic acids is 1. The Hall–Kier alpha value is -1.89. The van der Waals surface area contributed by atoms with Gasteiger partial charge in [-0.1, -0.05) is 40.5 Å². The first kappa shape index (κ1) is 17.0. The van der Waals surface area contributed by atoms with Gasteiger partial charge in [-0.3, -0.25) is 9.36 Å². The Bertz CT molecular complexity index is 796. The lowest BCUT2D eigenvalue weighted by molar-refractivity contribution is -0.122. The van der Waals surface area contributed by atoms with Gasteiger partial charge < -0.3 is 5.32 Å². The van der Waals surface area contributed by atoms with Crippen LogP contribution in [0.25, 0.3) is 0 Å². The predicted molar refractivity (Wildman–Crippen MR) is 94.7 cm³/mol. The molecule has 1 unspecified atom stereocenters. The molecular weight excluding hydrogens is 372 g/mol. The molecule has 0 bridgehead atoms. The molecule has 1 aliphatic heterocycles. The fraction of sp³-hybridized carbons (Fsp3) is 0.471. The molecule has 0 aliphatic carbocycles. The molecule has 1 aromatic carbocycles. The van der Waals surface area contributed by atoms with Crippen LogP contribution in [-0.2, 0) is 24.3 Å². The molecule has 0 saturated carbocycles. The van der Waals surface area contributed by atoms with E-state index in [2.05, 4.69) is 26.3 Å². The van der Waals surface area contributed by atoms with Gasteiger partial charge in [-0.25, -0.2) is 9.48 Å². The molecule has 6 nitrogen and oxygen atoms in total. The van der Waals surface area contributed by atoms with Crippen molar-refractivity contribution in [1.82, 2.24) is 19.7 Å². The molecular formula is C17H21BrN4O2. The third-order valence-electron chi connectivity index (χ3n) is 4.32. The zero-order valence-electron chi connectivity index (χ0n) is 13.7. The molecule has 0 saturated heterocycles. The van der Waals surface area contributed by atoms with Gasteiger partial charge in [0.15, 0.2) is 0 Å². The first-order chi connectivity index (χ1) is 11.6. The number of fused-ring (bicyclic) bond motifs is 1. The summed E-state index contributed by atoms with van der Waals surface area (Å²) in [6.07, 6.45) is 3.95. The Morgan fingerprint density at radius 3 is 2.92 bits per heavy atom. The molecule has 1 amide bonds. The van der Waals surface area contributed by atoms with Crippen molar-refractivity contribution in [3.8, 4) is 0 Å².